The van der Waals surface area contributed by atoms with Crippen molar-refractivity contribution in [3.63, 3.8) is 0 Å². The number of ether oxygens (including phenoxy) is 2. The molecule has 8 nitrogen and oxygen atoms in total. The summed E-state index contributed by atoms with van der Waals surface area (Å²) in [7, 11) is 0. The Morgan fingerprint density at radius 1 is 1.11 bits per heavy atom. The number of benzene rings is 2. The molecule has 2 aromatic carbocycles. The molecule has 1 unspecified atom stereocenters. The van der Waals surface area contributed by atoms with Crippen molar-refractivity contribution in [3.05, 3.63) is 53.7 Å². The van der Waals surface area contributed by atoms with Crippen molar-refractivity contribution in [1.82, 2.24) is 25.2 Å². The molecule has 10 heteroatoms. The molecule has 5 fully saturated rings. The lowest BCUT2D eigenvalue weighted by molar-refractivity contribution is -0.107. The van der Waals surface area contributed by atoms with Gasteiger partial charge in [-0.2, -0.15) is 9.97 Å². The molecule has 45 heavy (non-hydrogen) atoms. The number of aromatic nitrogens is 3. The van der Waals surface area contributed by atoms with Gasteiger partial charge in [0, 0.05) is 54.3 Å². The van der Waals surface area contributed by atoms with Crippen LogP contribution < -0.4 is 15.0 Å². The minimum Gasteiger partial charge on any atom is -0.461 e. The van der Waals surface area contributed by atoms with Gasteiger partial charge < -0.3 is 19.7 Å². The molecule has 0 saturated carbocycles. The summed E-state index contributed by atoms with van der Waals surface area (Å²) in [5, 5.41) is 5.35. The van der Waals surface area contributed by atoms with E-state index in [0.717, 1.165) is 71.5 Å². The largest absolute Gasteiger partial charge is 0.461 e. The Morgan fingerprint density at radius 2 is 1.96 bits per heavy atom. The minimum absolute atomic E-state index is 0.0643. The Morgan fingerprint density at radius 3 is 2.73 bits per heavy atom. The zero-order chi connectivity index (χ0) is 30.3. The molecule has 4 aromatic rings. The Kier molecular flexibility index (Phi) is 6.12. The van der Waals surface area contributed by atoms with E-state index in [0.29, 0.717) is 46.2 Å². The number of hydrogen-bond donors (Lipinski definition) is 1. The van der Waals surface area contributed by atoms with E-state index in [2.05, 4.69) is 26.0 Å². The van der Waals surface area contributed by atoms with Crippen molar-refractivity contribution in [1.29, 1.82) is 0 Å². The topological polar surface area (TPSA) is 75.6 Å². The molecule has 5 saturated heterocycles. The highest BCUT2D eigenvalue weighted by atomic mass is 19.1. The quantitative estimate of drug-likeness (QED) is 0.328. The van der Waals surface area contributed by atoms with Crippen molar-refractivity contribution in [2.75, 3.05) is 50.9 Å². The summed E-state index contributed by atoms with van der Waals surface area (Å²) in [4.78, 5) is 19.0. The number of fused-ring (bicyclic) bond motifs is 5. The zero-order valence-corrected chi connectivity index (χ0v) is 25.0. The fraction of sp³-hybridized carbons (Fsp3) is 0.457. The van der Waals surface area contributed by atoms with Crippen LogP contribution in [0.2, 0.25) is 0 Å². The standard InChI is InChI=1S/C35H34F2N6O2/c1-2-24-27(36)10-7-21-5-3-6-25(28(21)24)30-29(37)31-26(13-38-30)32(42-14-22-8-9-23(15-42)39-22)41-33(40-31)45-20-35-11-4-12-43(35)17-34(16-35)18-44-19-34/h1,3,5-7,10,13,22-23,39H,4,8-9,11-12,14-20H2/t22-,23+,35?. The third kappa shape index (κ3) is 4.24. The first-order chi connectivity index (χ1) is 21.9. The van der Waals surface area contributed by atoms with Crippen molar-refractivity contribution in [3.8, 4) is 29.6 Å². The first-order valence-corrected chi connectivity index (χ1v) is 16.0. The third-order valence-electron chi connectivity index (χ3n) is 10.8. The van der Waals surface area contributed by atoms with Crippen LogP contribution in [0.4, 0.5) is 14.6 Å². The second kappa shape index (κ2) is 10.0. The van der Waals surface area contributed by atoms with Gasteiger partial charge >= 0.3 is 6.01 Å². The smallest absolute Gasteiger partial charge is 0.319 e. The number of terminal acetylenes is 1. The predicted molar refractivity (Wildman–Crippen MR) is 167 cm³/mol. The molecule has 0 amide bonds. The van der Waals surface area contributed by atoms with Gasteiger partial charge in [-0.25, -0.2) is 8.78 Å². The Balaban J connectivity index is 1.16. The molecule has 1 N–H and O–H groups in total. The first-order valence-electron chi connectivity index (χ1n) is 16.0. The number of rotatable bonds is 5. The molecular weight excluding hydrogens is 574 g/mol. The van der Waals surface area contributed by atoms with Crippen molar-refractivity contribution < 1.29 is 18.3 Å². The lowest BCUT2D eigenvalue weighted by Gasteiger charge is -2.39. The number of pyridine rings is 1. The predicted octanol–water partition coefficient (Wildman–Crippen LogP) is 4.68. The molecule has 2 bridgehead atoms. The van der Waals surface area contributed by atoms with Gasteiger partial charge in [-0.05, 0) is 50.1 Å². The van der Waals surface area contributed by atoms with Crippen LogP contribution in [-0.2, 0) is 4.74 Å². The van der Waals surface area contributed by atoms with E-state index in [9.17, 15) is 4.39 Å². The van der Waals surface area contributed by atoms with Gasteiger partial charge in [0.25, 0.3) is 0 Å². The van der Waals surface area contributed by atoms with Gasteiger partial charge in [0.1, 0.15) is 29.5 Å². The summed E-state index contributed by atoms with van der Waals surface area (Å²) in [6.07, 6.45) is 12.8. The number of anilines is 1. The summed E-state index contributed by atoms with van der Waals surface area (Å²) in [5.74, 6) is 1.96. The fourth-order valence-electron chi connectivity index (χ4n) is 8.77. The normalized spacial score (nSPS) is 26.8. The Bertz CT molecular complexity index is 1900. The van der Waals surface area contributed by atoms with Crippen molar-refractivity contribution in [2.24, 2.45) is 5.41 Å². The number of nitrogens with zero attached hydrogens (tertiary/aromatic N) is 5. The van der Waals surface area contributed by atoms with Gasteiger partial charge in [0.15, 0.2) is 5.82 Å². The molecule has 230 valence electrons. The van der Waals surface area contributed by atoms with E-state index in [1.54, 1.807) is 24.4 Å². The maximum atomic E-state index is 16.8. The fourth-order valence-corrected chi connectivity index (χ4v) is 8.77. The van der Waals surface area contributed by atoms with Crippen LogP contribution in [-0.4, -0.2) is 83.5 Å². The lowest BCUT2D eigenvalue weighted by Crippen LogP contribution is -2.51. The van der Waals surface area contributed by atoms with Gasteiger partial charge in [-0.15, -0.1) is 6.42 Å². The minimum atomic E-state index is -0.606. The second-order valence-corrected chi connectivity index (χ2v) is 13.7. The maximum Gasteiger partial charge on any atom is 0.319 e. The Hall–Kier alpha value is -3.91. The van der Waals surface area contributed by atoms with Crippen LogP contribution in [0.1, 0.15) is 37.7 Å². The summed E-state index contributed by atoms with van der Waals surface area (Å²) in [6.45, 7) is 5.65. The van der Waals surface area contributed by atoms with Crippen LogP contribution in [0.25, 0.3) is 32.9 Å². The van der Waals surface area contributed by atoms with Crippen LogP contribution in [0.5, 0.6) is 6.01 Å². The lowest BCUT2D eigenvalue weighted by atomic mass is 9.78. The molecule has 1 spiro atoms. The molecule has 0 aliphatic carbocycles. The number of piperazine rings is 1. The average Bonchev–Trinajstić information content (AvgIpc) is 3.69. The van der Waals surface area contributed by atoms with Crippen molar-refractivity contribution in [2.45, 2.75) is 49.7 Å². The highest BCUT2D eigenvalue weighted by Gasteiger charge is 2.58. The highest BCUT2D eigenvalue weighted by molar-refractivity contribution is 6.02. The molecule has 7 heterocycles. The summed E-state index contributed by atoms with van der Waals surface area (Å²) in [6, 6.07) is 9.21. The van der Waals surface area contributed by atoms with Gasteiger partial charge in [0.05, 0.1) is 29.7 Å². The van der Waals surface area contributed by atoms with E-state index in [1.807, 2.05) is 6.07 Å². The Labute approximate surface area is 260 Å². The van der Waals surface area contributed by atoms with Gasteiger partial charge in [0.2, 0.25) is 0 Å². The van der Waals surface area contributed by atoms with Gasteiger partial charge in [-0.1, -0.05) is 30.2 Å². The average molecular weight is 609 g/mol. The number of nitrogens with one attached hydrogen (secondary N) is 1. The SMILES string of the molecule is C#Cc1c(F)ccc2cccc(-c3ncc4c(N5C[C@H]6CC[C@@H](C5)N6)nc(OCC56CCCN5CC5(COC5)C6)nc4c3F)c12. The first kappa shape index (κ1) is 27.4. The van der Waals surface area contributed by atoms with E-state index in [4.69, 9.17) is 25.9 Å². The van der Waals surface area contributed by atoms with Gasteiger partial charge in [-0.3, -0.25) is 9.88 Å². The summed E-state index contributed by atoms with van der Waals surface area (Å²) >= 11 is 0. The molecule has 0 radical (unpaired) electrons. The third-order valence-corrected chi connectivity index (χ3v) is 10.8. The molecule has 2 aromatic heterocycles. The summed E-state index contributed by atoms with van der Waals surface area (Å²) in [5.41, 5.74) is 0.825. The van der Waals surface area contributed by atoms with E-state index >= 15 is 4.39 Å². The van der Waals surface area contributed by atoms with E-state index < -0.39 is 11.6 Å². The monoisotopic (exact) mass is 608 g/mol. The van der Waals surface area contributed by atoms with E-state index in [1.165, 1.54) is 6.07 Å². The van der Waals surface area contributed by atoms with Crippen LogP contribution >= 0.6 is 0 Å². The van der Waals surface area contributed by atoms with Crippen LogP contribution in [0.3, 0.4) is 0 Å². The molecule has 5 aliphatic rings. The molecular formula is C35H34F2N6O2. The van der Waals surface area contributed by atoms with Crippen LogP contribution in [0, 0.1) is 29.4 Å². The maximum absolute atomic E-state index is 16.8. The molecule has 5 aliphatic heterocycles. The number of hydrogen-bond acceptors (Lipinski definition) is 8. The zero-order valence-electron chi connectivity index (χ0n) is 25.0. The molecule has 9 rings (SSSR count). The van der Waals surface area contributed by atoms with E-state index in [-0.39, 0.29) is 33.7 Å². The number of halogens is 2. The van der Waals surface area contributed by atoms with Crippen molar-refractivity contribution >= 4 is 27.5 Å². The highest BCUT2D eigenvalue weighted by Crippen LogP contribution is 2.51. The van der Waals surface area contributed by atoms with Crippen LogP contribution in [0.15, 0.2) is 36.5 Å². The summed E-state index contributed by atoms with van der Waals surface area (Å²) < 4.78 is 43.7. The second-order valence-electron chi connectivity index (χ2n) is 13.7. The molecule has 3 atom stereocenters.